The number of fused-ring (bicyclic) bond motifs is 1. The molecule has 0 fully saturated rings. The molecule has 2 heterocycles. The Bertz CT molecular complexity index is 823. The summed E-state index contributed by atoms with van der Waals surface area (Å²) in [5.41, 5.74) is 11.2. The van der Waals surface area contributed by atoms with E-state index in [0.717, 1.165) is 28.3 Å². The number of nitrogens with zero attached hydrogens (tertiary/aromatic N) is 2. The molecule has 0 aliphatic rings. The SMILES string of the molecule is CCOc1ccccc1-c1nc2cc(C)ccn2c1C(C)CN. The fraction of sp³-hybridized carbons (Fsp3) is 0.316. The van der Waals surface area contributed by atoms with Gasteiger partial charge in [0, 0.05) is 24.2 Å². The van der Waals surface area contributed by atoms with E-state index < -0.39 is 0 Å². The van der Waals surface area contributed by atoms with Gasteiger partial charge >= 0.3 is 0 Å². The molecule has 0 aliphatic carbocycles. The number of nitrogens with two attached hydrogens (primary N) is 1. The van der Waals surface area contributed by atoms with Gasteiger partial charge < -0.3 is 14.9 Å². The van der Waals surface area contributed by atoms with Crippen LogP contribution in [-0.4, -0.2) is 22.5 Å². The molecule has 0 saturated heterocycles. The average Bonchev–Trinajstić information content (AvgIpc) is 2.93. The Morgan fingerprint density at radius 1 is 1.26 bits per heavy atom. The number of pyridine rings is 1. The Morgan fingerprint density at radius 2 is 2.04 bits per heavy atom. The zero-order valence-corrected chi connectivity index (χ0v) is 13.9. The standard InChI is InChI=1S/C19H23N3O/c1-4-23-16-8-6-5-7-15(16)18-19(14(3)12-20)22-10-9-13(2)11-17(22)21-18/h5-11,14H,4,12,20H2,1-3H3. The molecular formula is C19H23N3O. The van der Waals surface area contributed by atoms with Gasteiger partial charge in [-0.05, 0) is 43.7 Å². The van der Waals surface area contributed by atoms with Gasteiger partial charge in [-0.1, -0.05) is 19.1 Å². The first-order valence-corrected chi connectivity index (χ1v) is 8.06. The Balaban J connectivity index is 2.28. The molecule has 0 amide bonds. The minimum Gasteiger partial charge on any atom is -0.493 e. The maximum Gasteiger partial charge on any atom is 0.137 e. The van der Waals surface area contributed by atoms with E-state index in [9.17, 15) is 0 Å². The molecule has 2 N–H and O–H groups in total. The first-order chi connectivity index (χ1) is 11.2. The summed E-state index contributed by atoms with van der Waals surface area (Å²) < 4.78 is 7.94. The lowest BCUT2D eigenvalue weighted by molar-refractivity contribution is 0.341. The highest BCUT2D eigenvalue weighted by Crippen LogP contribution is 2.35. The van der Waals surface area contributed by atoms with Crippen LogP contribution in [0, 0.1) is 6.92 Å². The van der Waals surface area contributed by atoms with Gasteiger partial charge in [-0.25, -0.2) is 4.98 Å². The smallest absolute Gasteiger partial charge is 0.137 e. The molecule has 0 aliphatic heterocycles. The summed E-state index contributed by atoms with van der Waals surface area (Å²) in [6.45, 7) is 7.41. The lowest BCUT2D eigenvalue weighted by atomic mass is 10.0. The van der Waals surface area contributed by atoms with Crippen LogP contribution in [0.5, 0.6) is 5.75 Å². The lowest BCUT2D eigenvalue weighted by Gasteiger charge is -2.14. The molecule has 0 spiro atoms. The van der Waals surface area contributed by atoms with Crippen molar-refractivity contribution in [1.82, 2.24) is 9.38 Å². The summed E-state index contributed by atoms with van der Waals surface area (Å²) >= 11 is 0. The minimum atomic E-state index is 0.206. The number of rotatable bonds is 5. The van der Waals surface area contributed by atoms with E-state index in [1.807, 2.05) is 25.1 Å². The third-order valence-electron chi connectivity index (χ3n) is 4.08. The second-order valence-electron chi connectivity index (χ2n) is 5.84. The Kier molecular flexibility index (Phi) is 4.35. The quantitative estimate of drug-likeness (QED) is 0.780. The predicted molar refractivity (Wildman–Crippen MR) is 94.0 cm³/mol. The molecule has 1 aromatic carbocycles. The Labute approximate surface area is 136 Å². The van der Waals surface area contributed by atoms with Gasteiger partial charge in [-0.2, -0.15) is 0 Å². The fourth-order valence-corrected chi connectivity index (χ4v) is 2.89. The van der Waals surface area contributed by atoms with Crippen molar-refractivity contribution < 1.29 is 4.74 Å². The monoisotopic (exact) mass is 309 g/mol. The van der Waals surface area contributed by atoms with Crippen LogP contribution in [0.25, 0.3) is 16.9 Å². The van der Waals surface area contributed by atoms with Crippen LogP contribution in [0.3, 0.4) is 0 Å². The number of aryl methyl sites for hydroxylation is 1. The van der Waals surface area contributed by atoms with Gasteiger partial charge in [-0.15, -0.1) is 0 Å². The first kappa shape index (κ1) is 15.6. The molecule has 0 radical (unpaired) electrons. The average molecular weight is 309 g/mol. The van der Waals surface area contributed by atoms with Crippen molar-refractivity contribution in [3.8, 4) is 17.0 Å². The molecule has 4 heteroatoms. The van der Waals surface area contributed by atoms with Gasteiger partial charge in [0.25, 0.3) is 0 Å². The van der Waals surface area contributed by atoms with Crippen LogP contribution in [0.2, 0.25) is 0 Å². The van der Waals surface area contributed by atoms with Crippen LogP contribution in [-0.2, 0) is 0 Å². The van der Waals surface area contributed by atoms with Gasteiger partial charge in [0.2, 0.25) is 0 Å². The molecule has 3 aromatic rings. The van der Waals surface area contributed by atoms with Crippen molar-refractivity contribution >= 4 is 5.65 Å². The van der Waals surface area contributed by atoms with E-state index in [1.54, 1.807) is 0 Å². The number of hydrogen-bond acceptors (Lipinski definition) is 3. The summed E-state index contributed by atoms with van der Waals surface area (Å²) in [5.74, 6) is 1.07. The van der Waals surface area contributed by atoms with Crippen molar-refractivity contribution in [2.45, 2.75) is 26.7 Å². The van der Waals surface area contributed by atoms with Crippen molar-refractivity contribution in [3.63, 3.8) is 0 Å². The van der Waals surface area contributed by atoms with Crippen molar-refractivity contribution in [2.24, 2.45) is 5.73 Å². The summed E-state index contributed by atoms with van der Waals surface area (Å²) in [5, 5.41) is 0. The number of para-hydroxylation sites is 1. The topological polar surface area (TPSA) is 52.5 Å². The van der Waals surface area contributed by atoms with E-state index in [2.05, 4.69) is 42.6 Å². The molecule has 0 bridgehead atoms. The molecule has 2 aromatic heterocycles. The largest absolute Gasteiger partial charge is 0.493 e. The third-order valence-corrected chi connectivity index (χ3v) is 4.08. The minimum absolute atomic E-state index is 0.206. The predicted octanol–water partition coefficient (Wildman–Crippen LogP) is 3.77. The molecule has 1 atom stereocenters. The van der Waals surface area contributed by atoms with Crippen LogP contribution in [0.4, 0.5) is 0 Å². The maximum absolute atomic E-state index is 5.96. The number of hydrogen-bond donors (Lipinski definition) is 1. The summed E-state index contributed by atoms with van der Waals surface area (Å²) in [6.07, 6.45) is 2.08. The second kappa shape index (κ2) is 6.42. The molecule has 120 valence electrons. The number of ether oxygens (including phenoxy) is 1. The van der Waals surface area contributed by atoms with Crippen LogP contribution in [0.1, 0.15) is 31.0 Å². The molecule has 3 rings (SSSR count). The zero-order chi connectivity index (χ0) is 16.4. The molecular weight excluding hydrogens is 286 g/mol. The van der Waals surface area contributed by atoms with Crippen molar-refractivity contribution in [3.05, 3.63) is 53.9 Å². The summed E-state index contributed by atoms with van der Waals surface area (Å²) in [6, 6.07) is 12.3. The van der Waals surface area contributed by atoms with E-state index in [4.69, 9.17) is 15.5 Å². The van der Waals surface area contributed by atoms with Crippen LogP contribution in [0.15, 0.2) is 42.6 Å². The highest BCUT2D eigenvalue weighted by atomic mass is 16.5. The molecule has 4 nitrogen and oxygen atoms in total. The summed E-state index contributed by atoms with van der Waals surface area (Å²) in [4.78, 5) is 4.88. The van der Waals surface area contributed by atoms with E-state index >= 15 is 0 Å². The van der Waals surface area contributed by atoms with E-state index in [1.165, 1.54) is 5.56 Å². The number of aromatic nitrogens is 2. The summed E-state index contributed by atoms with van der Waals surface area (Å²) in [7, 11) is 0. The van der Waals surface area contributed by atoms with Crippen molar-refractivity contribution in [1.29, 1.82) is 0 Å². The van der Waals surface area contributed by atoms with Gasteiger partial charge in [-0.3, -0.25) is 0 Å². The molecule has 1 unspecified atom stereocenters. The Morgan fingerprint density at radius 3 is 2.78 bits per heavy atom. The lowest BCUT2D eigenvalue weighted by Crippen LogP contribution is -2.12. The van der Waals surface area contributed by atoms with Gasteiger partial charge in [0.15, 0.2) is 0 Å². The maximum atomic E-state index is 5.96. The normalized spacial score (nSPS) is 12.5. The fourth-order valence-electron chi connectivity index (χ4n) is 2.89. The Hall–Kier alpha value is -2.33. The number of benzene rings is 1. The van der Waals surface area contributed by atoms with Crippen LogP contribution < -0.4 is 10.5 Å². The van der Waals surface area contributed by atoms with E-state index in [0.29, 0.717) is 13.2 Å². The highest BCUT2D eigenvalue weighted by molar-refractivity contribution is 5.73. The van der Waals surface area contributed by atoms with Crippen molar-refractivity contribution in [2.75, 3.05) is 13.2 Å². The highest BCUT2D eigenvalue weighted by Gasteiger charge is 2.20. The molecule has 0 saturated carbocycles. The third kappa shape index (κ3) is 2.82. The zero-order valence-electron chi connectivity index (χ0n) is 13.9. The number of imidazole rings is 1. The second-order valence-corrected chi connectivity index (χ2v) is 5.84. The van der Waals surface area contributed by atoms with E-state index in [-0.39, 0.29) is 5.92 Å². The molecule has 23 heavy (non-hydrogen) atoms. The first-order valence-electron chi connectivity index (χ1n) is 8.06. The van der Waals surface area contributed by atoms with Crippen LogP contribution >= 0.6 is 0 Å². The van der Waals surface area contributed by atoms with Gasteiger partial charge in [0.1, 0.15) is 11.4 Å². The van der Waals surface area contributed by atoms with Gasteiger partial charge in [0.05, 0.1) is 18.0 Å².